The fraction of sp³-hybridized carbons (Fsp3) is 0.667. The van der Waals surface area contributed by atoms with Crippen LogP contribution >= 0.6 is 0 Å². The lowest BCUT2D eigenvalue weighted by Gasteiger charge is -2.37. The molecule has 0 amide bonds. The predicted molar refractivity (Wildman–Crippen MR) is 80.1 cm³/mol. The number of piperidine rings is 1. The largest absolute Gasteiger partial charge is 0.478 e. The van der Waals surface area contributed by atoms with Crippen LogP contribution in [0.3, 0.4) is 0 Å². The van der Waals surface area contributed by atoms with E-state index in [0.29, 0.717) is 24.6 Å². The number of nitrogens with zero attached hydrogens (tertiary/aromatic N) is 3. The first-order valence-electron chi connectivity index (χ1n) is 7.29. The summed E-state index contributed by atoms with van der Waals surface area (Å²) in [5.74, 6) is -0.729. The van der Waals surface area contributed by atoms with Crippen LogP contribution in [0.15, 0.2) is 6.20 Å². The van der Waals surface area contributed by atoms with Crippen LogP contribution < -0.4 is 4.90 Å². The fourth-order valence-electron chi connectivity index (χ4n) is 2.56. The van der Waals surface area contributed by atoms with E-state index in [4.69, 9.17) is 9.84 Å². The van der Waals surface area contributed by atoms with Gasteiger partial charge in [-0.1, -0.05) is 0 Å². The molecule has 122 valence electrons. The molecule has 0 spiro atoms. The van der Waals surface area contributed by atoms with Gasteiger partial charge in [0.05, 0.1) is 29.5 Å². The van der Waals surface area contributed by atoms with Gasteiger partial charge in [-0.25, -0.2) is 19.2 Å². The van der Waals surface area contributed by atoms with Gasteiger partial charge in [0.1, 0.15) is 6.17 Å². The monoisotopic (exact) mass is 311 g/mol. The van der Waals surface area contributed by atoms with E-state index >= 15 is 0 Å². The van der Waals surface area contributed by atoms with Gasteiger partial charge in [-0.05, 0) is 27.7 Å². The summed E-state index contributed by atoms with van der Waals surface area (Å²) < 4.78 is 19.8. The number of carboxylic acids is 1. The highest BCUT2D eigenvalue weighted by molar-refractivity contribution is 5.88. The minimum Gasteiger partial charge on any atom is -0.478 e. The maximum atomic E-state index is 14.0. The van der Waals surface area contributed by atoms with E-state index < -0.39 is 12.1 Å². The molecule has 2 heterocycles. The third-order valence-corrected chi connectivity index (χ3v) is 3.36. The minimum absolute atomic E-state index is 0.0556. The average molecular weight is 311 g/mol. The number of carbonyl (C=O) groups is 1. The maximum absolute atomic E-state index is 14.0. The molecule has 0 radical (unpaired) electrons. The highest BCUT2D eigenvalue weighted by Crippen LogP contribution is 2.24. The van der Waals surface area contributed by atoms with Gasteiger partial charge in [0, 0.05) is 19.2 Å². The first kappa shape index (κ1) is 16.6. The molecule has 2 rings (SSSR count). The number of hydrogen-bond acceptors (Lipinski definition) is 5. The highest BCUT2D eigenvalue weighted by atomic mass is 19.1. The van der Waals surface area contributed by atoms with Crippen LogP contribution in [-0.4, -0.2) is 52.0 Å². The molecule has 1 aromatic rings. The van der Waals surface area contributed by atoms with Crippen molar-refractivity contribution >= 4 is 11.9 Å². The Hall–Kier alpha value is -1.76. The molecular weight excluding hydrogens is 289 g/mol. The molecule has 1 N–H and O–H groups in total. The van der Waals surface area contributed by atoms with E-state index in [1.807, 2.05) is 20.8 Å². The smallest absolute Gasteiger partial charge is 0.339 e. The lowest BCUT2D eigenvalue weighted by Crippen LogP contribution is -2.48. The van der Waals surface area contributed by atoms with Gasteiger partial charge in [-0.3, -0.25) is 0 Å². The first-order valence-corrected chi connectivity index (χ1v) is 7.29. The van der Waals surface area contributed by atoms with E-state index in [1.165, 1.54) is 6.20 Å². The number of alkyl halides is 1. The van der Waals surface area contributed by atoms with Crippen molar-refractivity contribution in [1.82, 2.24) is 9.97 Å². The number of hydrogen-bond donors (Lipinski definition) is 1. The number of aromatic carboxylic acids is 1. The van der Waals surface area contributed by atoms with Gasteiger partial charge in [0.25, 0.3) is 0 Å². The molecule has 1 saturated heterocycles. The van der Waals surface area contributed by atoms with Crippen molar-refractivity contribution in [3.05, 3.63) is 17.5 Å². The van der Waals surface area contributed by atoms with Crippen LogP contribution in [0.1, 0.15) is 43.2 Å². The number of anilines is 1. The van der Waals surface area contributed by atoms with Crippen molar-refractivity contribution < 1.29 is 19.0 Å². The summed E-state index contributed by atoms with van der Waals surface area (Å²) in [7, 11) is 0. The molecule has 1 fully saturated rings. The van der Waals surface area contributed by atoms with Gasteiger partial charge >= 0.3 is 5.97 Å². The van der Waals surface area contributed by atoms with E-state index in [2.05, 4.69) is 9.97 Å². The Morgan fingerprint density at radius 1 is 1.45 bits per heavy atom. The van der Waals surface area contributed by atoms with Crippen molar-refractivity contribution in [3.8, 4) is 0 Å². The van der Waals surface area contributed by atoms with Crippen LogP contribution in [0.4, 0.5) is 10.3 Å². The molecule has 0 aromatic carbocycles. The van der Waals surface area contributed by atoms with Crippen molar-refractivity contribution in [2.75, 3.05) is 18.0 Å². The zero-order chi connectivity index (χ0) is 16.5. The number of aromatic nitrogens is 2. The molecule has 0 unspecified atom stereocenters. The normalized spacial score (nSPS) is 22.7. The SMILES string of the molecule is Cc1nc(N2C[C@H](F)C[C@H](OC(C)(C)C)C2)ncc1C(=O)O. The predicted octanol–water partition coefficient (Wildman–Crippen LogP) is 2.22. The van der Waals surface area contributed by atoms with Crippen molar-refractivity contribution in [3.63, 3.8) is 0 Å². The summed E-state index contributed by atoms with van der Waals surface area (Å²) in [5.41, 5.74) is 0.0731. The van der Waals surface area contributed by atoms with Crippen LogP contribution in [0.2, 0.25) is 0 Å². The van der Waals surface area contributed by atoms with E-state index in [9.17, 15) is 9.18 Å². The molecule has 6 nitrogen and oxygen atoms in total. The maximum Gasteiger partial charge on any atom is 0.339 e. The van der Waals surface area contributed by atoms with Crippen LogP contribution in [-0.2, 0) is 4.74 Å². The van der Waals surface area contributed by atoms with Gasteiger partial charge in [-0.2, -0.15) is 0 Å². The quantitative estimate of drug-likeness (QED) is 0.922. The number of carboxylic acid groups (broad SMARTS) is 1. The summed E-state index contributed by atoms with van der Waals surface area (Å²) in [4.78, 5) is 21.0. The van der Waals surface area contributed by atoms with Gasteiger partial charge in [0.15, 0.2) is 0 Å². The average Bonchev–Trinajstić information content (AvgIpc) is 2.35. The standard InChI is InChI=1S/C15H22FN3O3/c1-9-12(13(20)21)6-17-14(18-9)19-7-10(16)5-11(8-19)22-15(2,3)4/h6,10-11H,5,7-8H2,1-4H3,(H,20,21)/t10-,11+/m1/s1. The Labute approximate surface area is 129 Å². The topological polar surface area (TPSA) is 75.5 Å². The van der Waals surface area contributed by atoms with E-state index in [1.54, 1.807) is 11.8 Å². The minimum atomic E-state index is -1.07. The van der Waals surface area contributed by atoms with Gasteiger partial charge < -0.3 is 14.7 Å². The number of ether oxygens (including phenoxy) is 1. The molecule has 2 atom stereocenters. The Morgan fingerprint density at radius 2 is 2.14 bits per heavy atom. The number of aryl methyl sites for hydroxylation is 1. The molecule has 22 heavy (non-hydrogen) atoms. The van der Waals surface area contributed by atoms with Gasteiger partial charge in [-0.15, -0.1) is 0 Å². The summed E-state index contributed by atoms with van der Waals surface area (Å²) in [6, 6.07) is 0. The Morgan fingerprint density at radius 3 is 2.68 bits per heavy atom. The van der Waals surface area contributed by atoms with Crippen LogP contribution in [0.5, 0.6) is 0 Å². The lowest BCUT2D eigenvalue weighted by molar-refractivity contribution is -0.0727. The number of halogens is 1. The second-order valence-electron chi connectivity index (χ2n) is 6.56. The molecular formula is C15H22FN3O3. The molecule has 1 aliphatic heterocycles. The third-order valence-electron chi connectivity index (χ3n) is 3.36. The summed E-state index contributed by atoms with van der Waals surface area (Å²) in [6.45, 7) is 8.08. The Kier molecular flexibility index (Phi) is 4.65. The number of rotatable bonds is 3. The van der Waals surface area contributed by atoms with E-state index in [-0.39, 0.29) is 23.8 Å². The lowest BCUT2D eigenvalue weighted by atomic mass is 10.1. The fourth-order valence-corrected chi connectivity index (χ4v) is 2.56. The van der Waals surface area contributed by atoms with Gasteiger partial charge in [0.2, 0.25) is 5.95 Å². The van der Waals surface area contributed by atoms with Crippen LogP contribution in [0, 0.1) is 6.92 Å². The molecule has 1 aliphatic rings. The van der Waals surface area contributed by atoms with Crippen LogP contribution in [0.25, 0.3) is 0 Å². The molecule has 0 bridgehead atoms. The van der Waals surface area contributed by atoms with Crippen molar-refractivity contribution in [2.45, 2.75) is 52.0 Å². The summed E-state index contributed by atoms with van der Waals surface area (Å²) >= 11 is 0. The summed E-state index contributed by atoms with van der Waals surface area (Å²) in [5, 5.41) is 9.00. The second kappa shape index (κ2) is 6.16. The second-order valence-corrected chi connectivity index (χ2v) is 6.56. The molecule has 0 saturated carbocycles. The Bertz CT molecular complexity index is 559. The van der Waals surface area contributed by atoms with Crippen molar-refractivity contribution in [1.29, 1.82) is 0 Å². The molecule has 0 aliphatic carbocycles. The zero-order valence-corrected chi connectivity index (χ0v) is 13.3. The third kappa shape index (κ3) is 4.13. The summed E-state index contributed by atoms with van der Waals surface area (Å²) in [6.07, 6.45) is 0.345. The first-order chi connectivity index (χ1) is 10.2. The van der Waals surface area contributed by atoms with E-state index in [0.717, 1.165) is 0 Å². The highest BCUT2D eigenvalue weighted by Gasteiger charge is 2.32. The Balaban J connectivity index is 2.17. The van der Waals surface area contributed by atoms with Crippen molar-refractivity contribution in [2.24, 2.45) is 0 Å². The molecule has 1 aromatic heterocycles. The zero-order valence-electron chi connectivity index (χ0n) is 13.3. The molecule has 7 heteroatoms.